The summed E-state index contributed by atoms with van der Waals surface area (Å²) >= 11 is 1.51. The predicted molar refractivity (Wildman–Crippen MR) is 101 cm³/mol. The number of rotatable bonds is 8. The van der Waals surface area contributed by atoms with Crippen LogP contribution in [-0.2, 0) is 16.0 Å². The summed E-state index contributed by atoms with van der Waals surface area (Å²) in [6.07, 6.45) is -0.0223. The largest absolute Gasteiger partial charge is 0.475 e. The molecule has 2 unspecified atom stereocenters. The van der Waals surface area contributed by atoms with Crippen LogP contribution in [0.1, 0.15) is 29.0 Å². The Morgan fingerprint density at radius 3 is 2.46 bits per heavy atom. The number of ether oxygens (including phenoxy) is 2. The molecule has 2 heterocycles. The van der Waals surface area contributed by atoms with Gasteiger partial charge in [-0.15, -0.1) is 11.3 Å². The second-order valence-electron chi connectivity index (χ2n) is 6.71. The van der Waals surface area contributed by atoms with Crippen molar-refractivity contribution in [2.75, 3.05) is 6.54 Å². The number of aliphatic hydroxyl groups excluding tert-OH is 1. The Bertz CT molecular complexity index is 880. The number of hydrogen-bond donors (Lipinski definition) is 4. The summed E-state index contributed by atoms with van der Waals surface area (Å²) in [7, 11) is 0. The van der Waals surface area contributed by atoms with Gasteiger partial charge in [-0.05, 0) is 55.0 Å². The summed E-state index contributed by atoms with van der Waals surface area (Å²) in [5, 5.41) is 33.9. The Labute approximate surface area is 165 Å². The van der Waals surface area contributed by atoms with Gasteiger partial charge in [0.05, 0.1) is 0 Å². The number of carboxylic acid groups (broad SMARTS) is 2. The van der Waals surface area contributed by atoms with Crippen LogP contribution in [0.15, 0.2) is 29.6 Å². The number of thiophene rings is 1. The van der Waals surface area contributed by atoms with Crippen LogP contribution in [-0.4, -0.2) is 45.6 Å². The quantitative estimate of drug-likeness (QED) is 0.489. The van der Waals surface area contributed by atoms with E-state index in [0.717, 1.165) is 16.0 Å². The Balaban J connectivity index is 1.62. The third kappa shape index (κ3) is 3.82. The fourth-order valence-electron chi connectivity index (χ4n) is 3.00. The number of fused-ring (bicyclic) bond motifs is 1. The molecule has 0 radical (unpaired) electrons. The van der Waals surface area contributed by atoms with Crippen molar-refractivity contribution in [1.82, 2.24) is 5.32 Å². The standard InChI is InChI=1S/C19H21NO7S/c1-10-5-6-28-16(10)13(21)9-20-11(2)7-12-3-4-14-15(8-12)27-19(26-14,17(22)23)18(24)25/h3-6,8,11,13,20-21H,7,9H2,1-2H3,(H,22,23)(H,24,25). The molecule has 150 valence electrons. The number of hydrogen-bond acceptors (Lipinski definition) is 7. The van der Waals surface area contributed by atoms with Crippen LogP contribution in [0.4, 0.5) is 0 Å². The van der Waals surface area contributed by atoms with Crippen LogP contribution in [0, 0.1) is 6.92 Å². The number of aliphatic hydroxyl groups is 1. The highest BCUT2D eigenvalue weighted by molar-refractivity contribution is 7.10. The SMILES string of the molecule is Cc1ccsc1C(O)CNC(C)Cc1ccc2c(c1)OC(C(=O)O)(C(=O)O)O2. The maximum atomic E-state index is 11.3. The van der Waals surface area contributed by atoms with E-state index >= 15 is 0 Å². The molecule has 0 saturated heterocycles. The van der Waals surface area contributed by atoms with E-state index in [1.165, 1.54) is 17.4 Å². The molecule has 0 saturated carbocycles. The van der Waals surface area contributed by atoms with Gasteiger partial charge in [-0.2, -0.15) is 0 Å². The van der Waals surface area contributed by atoms with Crippen molar-refractivity contribution in [3.63, 3.8) is 0 Å². The number of aliphatic carboxylic acids is 2. The molecule has 0 spiro atoms. The van der Waals surface area contributed by atoms with Crippen molar-refractivity contribution in [3.05, 3.63) is 45.6 Å². The third-order valence-electron chi connectivity index (χ3n) is 4.48. The van der Waals surface area contributed by atoms with E-state index in [2.05, 4.69) is 5.32 Å². The summed E-state index contributed by atoms with van der Waals surface area (Å²) < 4.78 is 10.2. The minimum atomic E-state index is -2.76. The lowest BCUT2D eigenvalue weighted by Gasteiger charge is -2.17. The fraction of sp³-hybridized carbons (Fsp3) is 0.368. The van der Waals surface area contributed by atoms with Crippen molar-refractivity contribution in [3.8, 4) is 11.5 Å². The molecule has 1 aromatic carbocycles. The summed E-state index contributed by atoms with van der Waals surface area (Å²) in [6.45, 7) is 4.31. The number of nitrogens with one attached hydrogen (secondary N) is 1. The minimum absolute atomic E-state index is 0.0130. The van der Waals surface area contributed by atoms with Gasteiger partial charge in [0, 0.05) is 17.5 Å². The zero-order valence-electron chi connectivity index (χ0n) is 15.3. The van der Waals surface area contributed by atoms with E-state index in [0.29, 0.717) is 13.0 Å². The first-order chi connectivity index (χ1) is 13.2. The molecule has 3 rings (SSSR count). The maximum absolute atomic E-state index is 11.3. The first-order valence-electron chi connectivity index (χ1n) is 8.66. The van der Waals surface area contributed by atoms with Crippen molar-refractivity contribution in [2.45, 2.75) is 38.2 Å². The number of carboxylic acids is 2. The van der Waals surface area contributed by atoms with Crippen LogP contribution in [0.2, 0.25) is 0 Å². The van der Waals surface area contributed by atoms with Gasteiger partial charge < -0.3 is 30.1 Å². The van der Waals surface area contributed by atoms with Crippen molar-refractivity contribution >= 4 is 23.3 Å². The molecular weight excluding hydrogens is 386 g/mol. The molecule has 0 fully saturated rings. The van der Waals surface area contributed by atoms with E-state index in [4.69, 9.17) is 9.47 Å². The van der Waals surface area contributed by atoms with Gasteiger partial charge in [-0.3, -0.25) is 0 Å². The van der Waals surface area contributed by atoms with Crippen LogP contribution in [0.3, 0.4) is 0 Å². The van der Waals surface area contributed by atoms with Crippen molar-refractivity contribution in [2.24, 2.45) is 0 Å². The van der Waals surface area contributed by atoms with Gasteiger partial charge in [0.15, 0.2) is 11.5 Å². The highest BCUT2D eigenvalue weighted by Crippen LogP contribution is 2.40. The van der Waals surface area contributed by atoms with Gasteiger partial charge in [-0.1, -0.05) is 6.07 Å². The van der Waals surface area contributed by atoms with E-state index in [9.17, 15) is 24.9 Å². The molecule has 1 aliphatic rings. The highest BCUT2D eigenvalue weighted by atomic mass is 32.1. The Morgan fingerprint density at radius 1 is 1.18 bits per heavy atom. The van der Waals surface area contributed by atoms with Gasteiger partial charge in [0.25, 0.3) is 0 Å². The highest BCUT2D eigenvalue weighted by Gasteiger charge is 2.57. The lowest BCUT2D eigenvalue weighted by Crippen LogP contribution is -2.54. The average molecular weight is 407 g/mol. The predicted octanol–water partition coefficient (Wildman–Crippen LogP) is 1.95. The van der Waals surface area contributed by atoms with E-state index in [1.54, 1.807) is 12.1 Å². The first kappa shape index (κ1) is 20.1. The van der Waals surface area contributed by atoms with Crippen molar-refractivity contribution in [1.29, 1.82) is 0 Å². The molecule has 0 aliphatic carbocycles. The number of carbonyl (C=O) groups is 2. The Kier molecular flexibility index (Phi) is 5.59. The molecule has 2 aromatic rings. The molecule has 9 heteroatoms. The van der Waals surface area contributed by atoms with E-state index < -0.39 is 23.8 Å². The van der Waals surface area contributed by atoms with Crippen LogP contribution < -0.4 is 14.8 Å². The molecule has 0 bridgehead atoms. The Morgan fingerprint density at radius 2 is 1.86 bits per heavy atom. The summed E-state index contributed by atoms with van der Waals surface area (Å²) in [5.74, 6) is -6.08. The smallest absolute Gasteiger partial charge is 0.453 e. The van der Waals surface area contributed by atoms with E-state index in [-0.39, 0.29) is 17.5 Å². The Hall–Kier alpha value is -2.62. The number of benzene rings is 1. The summed E-state index contributed by atoms with van der Waals surface area (Å²) in [6, 6.07) is 6.77. The summed E-state index contributed by atoms with van der Waals surface area (Å²) in [5.41, 5.74) is 1.87. The van der Waals surface area contributed by atoms with Gasteiger partial charge in [0.1, 0.15) is 6.10 Å². The van der Waals surface area contributed by atoms with Gasteiger partial charge in [-0.25, -0.2) is 9.59 Å². The fourth-order valence-corrected chi connectivity index (χ4v) is 3.91. The molecule has 2 atom stereocenters. The van der Waals surface area contributed by atoms with Crippen molar-refractivity contribution < 1.29 is 34.4 Å². The molecule has 1 aromatic heterocycles. The topological polar surface area (TPSA) is 125 Å². The van der Waals surface area contributed by atoms with Crippen LogP contribution in [0.25, 0.3) is 0 Å². The third-order valence-corrected chi connectivity index (χ3v) is 5.60. The van der Waals surface area contributed by atoms with Crippen LogP contribution >= 0.6 is 11.3 Å². The molecule has 1 aliphatic heterocycles. The summed E-state index contributed by atoms with van der Waals surface area (Å²) in [4.78, 5) is 23.5. The minimum Gasteiger partial charge on any atom is -0.475 e. The zero-order chi connectivity index (χ0) is 20.5. The molecule has 4 N–H and O–H groups in total. The molecule has 0 amide bonds. The van der Waals surface area contributed by atoms with Crippen LogP contribution in [0.5, 0.6) is 11.5 Å². The second kappa shape index (κ2) is 7.78. The van der Waals surface area contributed by atoms with Gasteiger partial charge >= 0.3 is 17.7 Å². The van der Waals surface area contributed by atoms with Gasteiger partial charge in [0.2, 0.25) is 0 Å². The first-order valence-corrected chi connectivity index (χ1v) is 9.54. The molecule has 8 nitrogen and oxygen atoms in total. The normalized spacial score (nSPS) is 16.5. The lowest BCUT2D eigenvalue weighted by atomic mass is 10.1. The second-order valence-corrected chi connectivity index (χ2v) is 7.66. The molecule has 28 heavy (non-hydrogen) atoms. The lowest BCUT2D eigenvalue weighted by molar-refractivity contribution is -0.194. The van der Waals surface area contributed by atoms with E-state index in [1.807, 2.05) is 25.3 Å². The zero-order valence-corrected chi connectivity index (χ0v) is 16.2. The molecular formula is C19H21NO7S. The monoisotopic (exact) mass is 407 g/mol. The number of aryl methyl sites for hydroxylation is 1. The maximum Gasteiger partial charge on any atom is 0.453 e. The average Bonchev–Trinajstić information content (AvgIpc) is 3.23.